The molecule has 0 aliphatic rings. The Kier molecular flexibility index (Phi) is 5.08. The van der Waals surface area contributed by atoms with Crippen LogP contribution < -0.4 is 10.6 Å². The molecule has 88 valence electrons. The number of aliphatic hydroxyl groups is 1. The van der Waals surface area contributed by atoms with Crippen molar-refractivity contribution in [3.63, 3.8) is 0 Å². The van der Waals surface area contributed by atoms with E-state index in [1.807, 2.05) is 12.1 Å². The van der Waals surface area contributed by atoms with Crippen molar-refractivity contribution in [3.8, 4) is 0 Å². The maximum absolute atomic E-state index is 10.8. The van der Waals surface area contributed by atoms with Gasteiger partial charge in [0.1, 0.15) is 0 Å². The standard InChI is InChI=1S/C11H15ClN2O2/c1-8(15)14-10-4-2-9(3-5-10)13-7-11(16)6-12/h2-5,11,13,16H,6-7H2,1H3,(H,14,15). The number of anilines is 2. The van der Waals surface area contributed by atoms with Crippen molar-refractivity contribution < 1.29 is 9.90 Å². The van der Waals surface area contributed by atoms with Gasteiger partial charge in [-0.15, -0.1) is 11.6 Å². The molecule has 3 N–H and O–H groups in total. The second-order valence-corrected chi connectivity index (χ2v) is 3.76. The molecule has 0 heterocycles. The van der Waals surface area contributed by atoms with Gasteiger partial charge < -0.3 is 15.7 Å². The van der Waals surface area contributed by atoms with E-state index in [2.05, 4.69) is 10.6 Å². The fraction of sp³-hybridized carbons (Fsp3) is 0.364. The zero-order valence-electron chi connectivity index (χ0n) is 9.03. The maximum Gasteiger partial charge on any atom is 0.221 e. The highest BCUT2D eigenvalue weighted by molar-refractivity contribution is 6.18. The average molecular weight is 243 g/mol. The molecule has 16 heavy (non-hydrogen) atoms. The summed E-state index contributed by atoms with van der Waals surface area (Å²) in [6.07, 6.45) is -0.559. The summed E-state index contributed by atoms with van der Waals surface area (Å²) in [6, 6.07) is 7.23. The molecule has 5 heteroatoms. The fourth-order valence-corrected chi connectivity index (χ4v) is 1.27. The monoisotopic (exact) mass is 242 g/mol. The minimum Gasteiger partial charge on any atom is -0.390 e. The van der Waals surface area contributed by atoms with E-state index in [-0.39, 0.29) is 11.8 Å². The summed E-state index contributed by atoms with van der Waals surface area (Å²) in [5.41, 5.74) is 1.62. The Hall–Kier alpha value is -1.26. The fourth-order valence-electron chi connectivity index (χ4n) is 1.16. The van der Waals surface area contributed by atoms with Gasteiger partial charge in [0.25, 0.3) is 0 Å². The molecule has 0 bridgehead atoms. The number of hydrogen-bond acceptors (Lipinski definition) is 3. The summed E-state index contributed by atoms with van der Waals surface area (Å²) >= 11 is 5.46. The maximum atomic E-state index is 10.8. The van der Waals surface area contributed by atoms with Crippen LogP contribution in [-0.4, -0.2) is 29.5 Å². The smallest absolute Gasteiger partial charge is 0.221 e. The first kappa shape index (κ1) is 12.8. The molecule has 0 aliphatic heterocycles. The number of amides is 1. The summed E-state index contributed by atoms with van der Waals surface area (Å²) in [7, 11) is 0. The largest absolute Gasteiger partial charge is 0.390 e. The van der Waals surface area contributed by atoms with E-state index < -0.39 is 6.10 Å². The van der Waals surface area contributed by atoms with Crippen molar-refractivity contribution in [2.75, 3.05) is 23.1 Å². The van der Waals surface area contributed by atoms with E-state index in [4.69, 9.17) is 11.6 Å². The third-order valence-electron chi connectivity index (χ3n) is 1.93. The van der Waals surface area contributed by atoms with Gasteiger partial charge in [0.2, 0.25) is 5.91 Å². The average Bonchev–Trinajstić information content (AvgIpc) is 2.27. The Morgan fingerprint density at radius 2 is 1.94 bits per heavy atom. The molecule has 4 nitrogen and oxygen atoms in total. The van der Waals surface area contributed by atoms with Crippen LogP contribution >= 0.6 is 11.6 Å². The lowest BCUT2D eigenvalue weighted by Gasteiger charge is -2.10. The van der Waals surface area contributed by atoms with Gasteiger partial charge in [-0.2, -0.15) is 0 Å². The highest BCUT2D eigenvalue weighted by atomic mass is 35.5. The highest BCUT2D eigenvalue weighted by Crippen LogP contribution is 2.13. The molecule has 1 unspecified atom stereocenters. The number of hydrogen-bond donors (Lipinski definition) is 3. The van der Waals surface area contributed by atoms with Crippen LogP contribution in [0.1, 0.15) is 6.92 Å². The van der Waals surface area contributed by atoms with Crippen LogP contribution in [0.15, 0.2) is 24.3 Å². The van der Waals surface area contributed by atoms with E-state index in [9.17, 15) is 9.90 Å². The summed E-state index contributed by atoms with van der Waals surface area (Å²) < 4.78 is 0. The molecule has 1 aromatic carbocycles. The van der Waals surface area contributed by atoms with Crippen LogP contribution in [-0.2, 0) is 4.79 Å². The summed E-state index contributed by atoms with van der Waals surface area (Å²) in [6.45, 7) is 1.87. The van der Waals surface area contributed by atoms with E-state index in [0.717, 1.165) is 11.4 Å². The van der Waals surface area contributed by atoms with Gasteiger partial charge >= 0.3 is 0 Å². The van der Waals surface area contributed by atoms with Crippen molar-refractivity contribution in [2.45, 2.75) is 13.0 Å². The van der Waals surface area contributed by atoms with Crippen LogP contribution in [0.2, 0.25) is 0 Å². The number of carbonyl (C=O) groups excluding carboxylic acids is 1. The topological polar surface area (TPSA) is 61.4 Å². The zero-order valence-corrected chi connectivity index (χ0v) is 9.79. The number of carbonyl (C=O) groups is 1. The predicted octanol–water partition coefficient (Wildman–Crippen LogP) is 1.66. The van der Waals surface area contributed by atoms with Crippen LogP contribution in [0.25, 0.3) is 0 Å². The first-order chi connectivity index (χ1) is 7.61. The number of benzene rings is 1. The molecule has 0 saturated carbocycles. The van der Waals surface area contributed by atoms with Gasteiger partial charge in [-0.25, -0.2) is 0 Å². The molecule has 1 amide bonds. The second kappa shape index (κ2) is 6.35. The van der Waals surface area contributed by atoms with Gasteiger partial charge in [0, 0.05) is 24.8 Å². The molecule has 0 aromatic heterocycles. The number of halogens is 1. The third-order valence-corrected chi connectivity index (χ3v) is 2.28. The molecular formula is C11H15ClN2O2. The van der Waals surface area contributed by atoms with Crippen LogP contribution in [0.4, 0.5) is 11.4 Å². The Bertz CT molecular complexity index is 340. The number of alkyl halides is 1. The van der Waals surface area contributed by atoms with E-state index in [1.165, 1.54) is 6.92 Å². The third kappa shape index (κ3) is 4.51. The van der Waals surface area contributed by atoms with Gasteiger partial charge in [0.05, 0.1) is 12.0 Å². The molecule has 0 aliphatic carbocycles. The van der Waals surface area contributed by atoms with Crippen LogP contribution in [0.3, 0.4) is 0 Å². The Labute approximate surface area is 99.6 Å². The lowest BCUT2D eigenvalue weighted by Crippen LogP contribution is -2.20. The lowest BCUT2D eigenvalue weighted by molar-refractivity contribution is -0.114. The molecule has 0 radical (unpaired) electrons. The van der Waals surface area contributed by atoms with E-state index >= 15 is 0 Å². The van der Waals surface area contributed by atoms with Gasteiger partial charge in [-0.3, -0.25) is 4.79 Å². The molecule has 1 rings (SSSR count). The lowest BCUT2D eigenvalue weighted by atomic mass is 10.2. The van der Waals surface area contributed by atoms with Crippen LogP contribution in [0.5, 0.6) is 0 Å². The van der Waals surface area contributed by atoms with Crippen molar-refractivity contribution in [2.24, 2.45) is 0 Å². The molecule has 1 atom stereocenters. The summed E-state index contributed by atoms with van der Waals surface area (Å²) in [4.78, 5) is 10.8. The number of aliphatic hydroxyl groups excluding tert-OH is 1. The SMILES string of the molecule is CC(=O)Nc1ccc(NCC(O)CCl)cc1. The van der Waals surface area contributed by atoms with Gasteiger partial charge in [-0.05, 0) is 24.3 Å². The van der Waals surface area contributed by atoms with Crippen molar-refractivity contribution in [1.29, 1.82) is 0 Å². The molecule has 0 spiro atoms. The summed E-state index contributed by atoms with van der Waals surface area (Å²) in [5.74, 6) is 0.107. The van der Waals surface area contributed by atoms with Crippen LogP contribution in [0, 0.1) is 0 Å². The minimum atomic E-state index is -0.559. The molecule has 0 fully saturated rings. The first-order valence-corrected chi connectivity index (χ1v) is 5.51. The van der Waals surface area contributed by atoms with Gasteiger partial charge in [0.15, 0.2) is 0 Å². The predicted molar refractivity (Wildman–Crippen MR) is 66.0 cm³/mol. The minimum absolute atomic E-state index is 0.0988. The normalized spacial score (nSPS) is 11.9. The van der Waals surface area contributed by atoms with Gasteiger partial charge in [-0.1, -0.05) is 0 Å². The summed E-state index contributed by atoms with van der Waals surface area (Å²) in [5, 5.41) is 14.9. The highest BCUT2D eigenvalue weighted by Gasteiger charge is 2.01. The van der Waals surface area contributed by atoms with Crippen molar-refractivity contribution in [3.05, 3.63) is 24.3 Å². The molecule has 0 saturated heterocycles. The number of nitrogens with one attached hydrogen (secondary N) is 2. The number of rotatable bonds is 5. The molecule has 1 aromatic rings. The quantitative estimate of drug-likeness (QED) is 0.689. The van der Waals surface area contributed by atoms with Crippen molar-refractivity contribution >= 4 is 28.9 Å². The zero-order chi connectivity index (χ0) is 12.0. The second-order valence-electron chi connectivity index (χ2n) is 3.45. The van der Waals surface area contributed by atoms with E-state index in [1.54, 1.807) is 12.1 Å². The Morgan fingerprint density at radius 1 is 1.38 bits per heavy atom. The Balaban J connectivity index is 2.48. The Morgan fingerprint density at radius 3 is 2.44 bits per heavy atom. The molecular weight excluding hydrogens is 228 g/mol. The van der Waals surface area contributed by atoms with E-state index in [0.29, 0.717) is 6.54 Å². The first-order valence-electron chi connectivity index (χ1n) is 4.97. The van der Waals surface area contributed by atoms with Crippen molar-refractivity contribution in [1.82, 2.24) is 0 Å².